The highest BCUT2D eigenvalue weighted by Gasteiger charge is 2.39. The molecule has 15 heavy (non-hydrogen) atoms. The molecule has 86 valence electrons. The van der Waals surface area contributed by atoms with E-state index in [4.69, 9.17) is 15.6 Å². The number of ether oxygens (including phenoxy) is 1. The molecule has 0 saturated carbocycles. The molecular weight excluding hydrogens is 246 g/mol. The van der Waals surface area contributed by atoms with Crippen LogP contribution in [0.5, 0.6) is 0 Å². The molecule has 0 saturated heterocycles. The molecule has 0 fully saturated rings. The van der Waals surface area contributed by atoms with Crippen molar-refractivity contribution in [2.24, 2.45) is 15.3 Å². The maximum atomic E-state index is 11.2. The lowest BCUT2D eigenvalue weighted by molar-refractivity contribution is 0.328. The largest absolute Gasteiger partial charge is 0.476 e. The SMILES string of the molecule is CCOC1=NS(=O)(=O)C(S(N)(=O)=O)=C1N. The van der Waals surface area contributed by atoms with Gasteiger partial charge in [0.15, 0.2) is 0 Å². The third-order valence-corrected chi connectivity index (χ3v) is 4.59. The van der Waals surface area contributed by atoms with E-state index in [1.807, 2.05) is 0 Å². The van der Waals surface area contributed by atoms with Gasteiger partial charge in [0.2, 0.25) is 4.24 Å². The van der Waals surface area contributed by atoms with Crippen LogP contribution in [-0.4, -0.2) is 29.3 Å². The van der Waals surface area contributed by atoms with Gasteiger partial charge in [0.05, 0.1) is 6.61 Å². The lowest BCUT2D eigenvalue weighted by atomic mass is 10.5. The average Bonchev–Trinajstić information content (AvgIpc) is 2.20. The van der Waals surface area contributed by atoms with Crippen LogP contribution in [-0.2, 0) is 24.8 Å². The van der Waals surface area contributed by atoms with Crippen LogP contribution in [0.4, 0.5) is 0 Å². The highest BCUT2D eigenvalue weighted by molar-refractivity contribution is 8.13. The summed E-state index contributed by atoms with van der Waals surface area (Å²) in [6.45, 7) is 1.67. The standard InChI is InChI=1S/C5H9N3O5S2/c1-2-13-4-3(6)5(14(7,9)10)15(11,12)8-4/h2,6H2,1H3,(H2,7,9,10). The maximum Gasteiger partial charge on any atom is 0.300 e. The Kier molecular flexibility index (Phi) is 2.76. The lowest BCUT2D eigenvalue weighted by Crippen LogP contribution is -2.23. The number of hydrogen-bond acceptors (Lipinski definition) is 6. The molecule has 1 aliphatic heterocycles. The van der Waals surface area contributed by atoms with Gasteiger partial charge in [0, 0.05) is 0 Å². The fourth-order valence-corrected chi connectivity index (χ4v) is 3.46. The Balaban J connectivity index is 3.43. The monoisotopic (exact) mass is 255 g/mol. The minimum absolute atomic E-state index is 0.104. The van der Waals surface area contributed by atoms with Gasteiger partial charge in [-0.25, -0.2) is 13.6 Å². The smallest absolute Gasteiger partial charge is 0.300 e. The number of nitrogens with zero attached hydrogens (tertiary/aromatic N) is 1. The summed E-state index contributed by atoms with van der Waals surface area (Å²) in [5, 5.41) is 4.69. The van der Waals surface area contributed by atoms with Crippen LogP contribution in [0, 0.1) is 0 Å². The van der Waals surface area contributed by atoms with Crippen molar-refractivity contribution in [2.45, 2.75) is 6.92 Å². The van der Waals surface area contributed by atoms with E-state index in [1.165, 1.54) is 0 Å². The Bertz CT molecular complexity index is 541. The number of sulfonamides is 2. The average molecular weight is 255 g/mol. The van der Waals surface area contributed by atoms with Gasteiger partial charge in [0.1, 0.15) is 5.70 Å². The summed E-state index contributed by atoms with van der Waals surface area (Å²) >= 11 is 0. The van der Waals surface area contributed by atoms with Crippen LogP contribution < -0.4 is 10.9 Å². The van der Waals surface area contributed by atoms with Crippen molar-refractivity contribution < 1.29 is 21.6 Å². The Morgan fingerprint density at radius 1 is 1.47 bits per heavy atom. The normalized spacial score (nSPS) is 20.3. The molecule has 0 bridgehead atoms. The van der Waals surface area contributed by atoms with E-state index in [9.17, 15) is 16.8 Å². The van der Waals surface area contributed by atoms with Crippen molar-refractivity contribution in [2.75, 3.05) is 6.61 Å². The molecule has 0 spiro atoms. The summed E-state index contributed by atoms with van der Waals surface area (Å²) in [4.78, 5) is 0. The highest BCUT2D eigenvalue weighted by Crippen LogP contribution is 2.24. The number of rotatable bonds is 2. The molecule has 1 heterocycles. The molecule has 0 aromatic rings. The van der Waals surface area contributed by atoms with Crippen LogP contribution >= 0.6 is 0 Å². The van der Waals surface area contributed by atoms with Crippen LogP contribution in [0.3, 0.4) is 0 Å². The molecular formula is C5H9N3O5S2. The molecule has 1 rings (SSSR count). The summed E-state index contributed by atoms with van der Waals surface area (Å²) in [7, 11) is -8.80. The number of primary sulfonamides is 1. The second-order valence-corrected chi connectivity index (χ2v) is 5.85. The molecule has 1 aliphatic rings. The van der Waals surface area contributed by atoms with Crippen molar-refractivity contribution in [3.05, 3.63) is 9.93 Å². The topological polar surface area (TPSA) is 142 Å². The van der Waals surface area contributed by atoms with E-state index >= 15 is 0 Å². The summed E-state index contributed by atoms with van der Waals surface area (Å²) in [6.07, 6.45) is 0. The zero-order chi connectivity index (χ0) is 11.9. The molecule has 0 unspecified atom stereocenters. The predicted molar refractivity (Wildman–Crippen MR) is 52.3 cm³/mol. The van der Waals surface area contributed by atoms with Crippen molar-refractivity contribution in [3.63, 3.8) is 0 Å². The first kappa shape index (κ1) is 11.9. The number of hydrogen-bond donors (Lipinski definition) is 2. The van der Waals surface area contributed by atoms with E-state index in [-0.39, 0.29) is 6.61 Å². The molecule has 0 amide bonds. The van der Waals surface area contributed by atoms with Gasteiger partial charge in [-0.1, -0.05) is 0 Å². The second kappa shape index (κ2) is 3.47. The van der Waals surface area contributed by atoms with Gasteiger partial charge >= 0.3 is 0 Å². The third kappa shape index (κ3) is 2.11. The molecule has 8 nitrogen and oxygen atoms in total. The van der Waals surface area contributed by atoms with Crippen LogP contribution in [0.15, 0.2) is 14.3 Å². The molecule has 0 atom stereocenters. The van der Waals surface area contributed by atoms with Gasteiger partial charge in [-0.3, -0.25) is 0 Å². The van der Waals surface area contributed by atoms with Crippen LogP contribution in [0.1, 0.15) is 6.92 Å². The zero-order valence-electron chi connectivity index (χ0n) is 7.67. The molecule has 0 aromatic heterocycles. The van der Waals surface area contributed by atoms with Crippen molar-refractivity contribution in [1.82, 2.24) is 0 Å². The molecule has 10 heteroatoms. The molecule has 0 aromatic carbocycles. The third-order valence-electron chi connectivity index (χ3n) is 1.43. The lowest BCUT2D eigenvalue weighted by Gasteiger charge is -2.01. The van der Waals surface area contributed by atoms with E-state index in [0.717, 1.165) is 0 Å². The van der Waals surface area contributed by atoms with Crippen molar-refractivity contribution in [3.8, 4) is 0 Å². The minimum atomic E-state index is -4.44. The van der Waals surface area contributed by atoms with E-state index in [2.05, 4.69) is 4.40 Å². The fourth-order valence-electron chi connectivity index (χ4n) is 0.967. The summed E-state index contributed by atoms with van der Waals surface area (Å²) < 4.78 is 51.0. The van der Waals surface area contributed by atoms with Crippen LogP contribution in [0.25, 0.3) is 0 Å². The van der Waals surface area contributed by atoms with Gasteiger partial charge in [-0.05, 0) is 6.92 Å². The molecule has 0 aliphatic carbocycles. The zero-order valence-corrected chi connectivity index (χ0v) is 9.30. The predicted octanol–water partition coefficient (Wildman–Crippen LogP) is -1.82. The summed E-state index contributed by atoms with van der Waals surface area (Å²) in [5.41, 5.74) is 4.67. The summed E-state index contributed by atoms with van der Waals surface area (Å²) in [6, 6.07) is 0. The number of nitrogens with two attached hydrogens (primary N) is 2. The Hall–Kier alpha value is -1.13. The summed E-state index contributed by atoms with van der Waals surface area (Å²) in [5.74, 6) is -0.443. The second-order valence-electron chi connectivity index (χ2n) is 2.55. The Labute approximate surface area is 86.7 Å². The van der Waals surface area contributed by atoms with E-state index in [1.54, 1.807) is 6.92 Å². The molecule has 4 N–H and O–H groups in total. The quantitative estimate of drug-likeness (QED) is 0.595. The Morgan fingerprint density at radius 3 is 2.33 bits per heavy atom. The van der Waals surface area contributed by atoms with Crippen molar-refractivity contribution >= 4 is 25.9 Å². The first-order valence-electron chi connectivity index (χ1n) is 3.71. The first-order valence-corrected chi connectivity index (χ1v) is 6.69. The first-order chi connectivity index (χ1) is 6.70. The maximum absolute atomic E-state index is 11.2. The highest BCUT2D eigenvalue weighted by atomic mass is 32.3. The van der Waals surface area contributed by atoms with Gasteiger partial charge in [-0.2, -0.15) is 8.42 Å². The van der Waals surface area contributed by atoms with Crippen molar-refractivity contribution in [1.29, 1.82) is 0 Å². The van der Waals surface area contributed by atoms with E-state index in [0.29, 0.717) is 0 Å². The van der Waals surface area contributed by atoms with Crippen LogP contribution in [0.2, 0.25) is 0 Å². The van der Waals surface area contributed by atoms with Gasteiger partial charge < -0.3 is 10.5 Å². The van der Waals surface area contributed by atoms with E-state index < -0.39 is 35.9 Å². The minimum Gasteiger partial charge on any atom is -0.476 e. The van der Waals surface area contributed by atoms with Gasteiger partial charge in [0.25, 0.3) is 25.9 Å². The Morgan fingerprint density at radius 2 is 2.00 bits per heavy atom. The fraction of sp³-hybridized carbons (Fsp3) is 0.400. The van der Waals surface area contributed by atoms with Gasteiger partial charge in [-0.15, -0.1) is 4.40 Å². The molecule has 0 radical (unpaired) electrons.